The molecule has 1 aromatic rings. The lowest BCUT2D eigenvalue weighted by atomic mass is 9.91. The van der Waals surface area contributed by atoms with Gasteiger partial charge in [-0.25, -0.2) is 0 Å². The van der Waals surface area contributed by atoms with Crippen molar-refractivity contribution in [2.24, 2.45) is 5.92 Å². The van der Waals surface area contributed by atoms with E-state index in [0.29, 0.717) is 18.0 Å². The molecule has 0 spiro atoms. The van der Waals surface area contributed by atoms with Crippen molar-refractivity contribution in [2.45, 2.75) is 31.9 Å². The molecule has 1 saturated heterocycles. The van der Waals surface area contributed by atoms with Crippen LogP contribution in [0.1, 0.15) is 24.0 Å². The molecule has 6 heteroatoms. The first-order valence-corrected chi connectivity index (χ1v) is 7.66. The highest BCUT2D eigenvalue weighted by Crippen LogP contribution is 2.33. The van der Waals surface area contributed by atoms with Gasteiger partial charge in [0.25, 0.3) is 0 Å². The van der Waals surface area contributed by atoms with Crippen LogP contribution in [0.5, 0.6) is 0 Å². The molecule has 0 saturated carbocycles. The summed E-state index contributed by atoms with van der Waals surface area (Å²) in [6, 6.07) is 5.49. The molecular weight excluding hydrogens is 293 g/mol. The van der Waals surface area contributed by atoms with E-state index in [1.807, 2.05) is 12.1 Å². The zero-order valence-corrected chi connectivity index (χ0v) is 12.2. The first kappa shape index (κ1) is 15.3. The monoisotopic (exact) mass is 312 g/mol. The van der Waals surface area contributed by atoms with Gasteiger partial charge in [0.05, 0.1) is 0 Å². The molecule has 2 aliphatic rings. The fraction of sp³-hybridized carbons (Fsp3) is 0.562. The van der Waals surface area contributed by atoms with Gasteiger partial charge in [-0.15, -0.1) is 0 Å². The first-order valence-electron chi connectivity index (χ1n) is 7.66. The lowest BCUT2D eigenvalue weighted by Crippen LogP contribution is -2.40. The molecule has 120 valence electrons. The average molecular weight is 312 g/mol. The second-order valence-electron chi connectivity index (χ2n) is 6.08. The number of anilines is 1. The summed E-state index contributed by atoms with van der Waals surface area (Å²) in [6.45, 7) is 2.17. The quantitative estimate of drug-likeness (QED) is 0.910. The summed E-state index contributed by atoms with van der Waals surface area (Å²) in [5, 5.41) is 3.37. The third-order valence-electron chi connectivity index (χ3n) is 4.45. The molecule has 0 aliphatic carbocycles. The molecule has 3 nitrogen and oxygen atoms in total. The van der Waals surface area contributed by atoms with Gasteiger partial charge in [0.2, 0.25) is 0 Å². The Kier molecular flexibility index (Phi) is 4.12. The Morgan fingerprint density at radius 3 is 2.86 bits per heavy atom. The molecule has 0 radical (unpaired) electrons. The maximum atomic E-state index is 12.6. The molecule has 3 rings (SSSR count). The van der Waals surface area contributed by atoms with E-state index in [9.17, 15) is 18.0 Å². The Hall–Kier alpha value is -1.56. The number of amides is 1. The van der Waals surface area contributed by atoms with Crippen molar-refractivity contribution < 1.29 is 18.0 Å². The minimum absolute atomic E-state index is 0.113. The summed E-state index contributed by atoms with van der Waals surface area (Å²) in [5.74, 6) is -1.18. The van der Waals surface area contributed by atoms with Crippen molar-refractivity contribution in [1.82, 2.24) is 5.32 Å². The van der Waals surface area contributed by atoms with Crippen LogP contribution >= 0.6 is 0 Å². The molecule has 0 bridgehead atoms. The summed E-state index contributed by atoms with van der Waals surface area (Å²) in [5.41, 5.74) is 2.40. The molecule has 1 amide bonds. The molecule has 2 heterocycles. The van der Waals surface area contributed by atoms with Gasteiger partial charge in [0.15, 0.2) is 0 Å². The van der Waals surface area contributed by atoms with Crippen LogP contribution in [-0.2, 0) is 17.6 Å². The highest BCUT2D eigenvalue weighted by atomic mass is 19.4. The zero-order valence-electron chi connectivity index (χ0n) is 12.2. The molecule has 1 fully saturated rings. The van der Waals surface area contributed by atoms with E-state index in [4.69, 9.17) is 0 Å². The number of carbonyl (C=O) groups is 1. The van der Waals surface area contributed by atoms with E-state index in [-0.39, 0.29) is 6.54 Å². The van der Waals surface area contributed by atoms with E-state index in [0.717, 1.165) is 35.5 Å². The van der Waals surface area contributed by atoms with E-state index in [1.54, 1.807) is 6.07 Å². The van der Waals surface area contributed by atoms with E-state index in [2.05, 4.69) is 5.32 Å². The van der Waals surface area contributed by atoms with E-state index >= 15 is 0 Å². The number of benzene rings is 1. The van der Waals surface area contributed by atoms with Crippen LogP contribution in [0.2, 0.25) is 0 Å². The summed E-state index contributed by atoms with van der Waals surface area (Å²) in [6.07, 6.45) is -1.03. The molecule has 22 heavy (non-hydrogen) atoms. The van der Waals surface area contributed by atoms with Gasteiger partial charge in [0.1, 0.15) is 0 Å². The van der Waals surface area contributed by atoms with Crippen LogP contribution in [0.3, 0.4) is 0 Å². The SMILES string of the molecule is O=C(N1CCc2cc(CC3CCCNC3)ccc21)C(F)(F)F. The third kappa shape index (κ3) is 3.11. The van der Waals surface area contributed by atoms with Crippen LogP contribution in [0.4, 0.5) is 18.9 Å². The molecule has 0 aromatic heterocycles. The Balaban J connectivity index is 1.74. The largest absolute Gasteiger partial charge is 0.471 e. The maximum absolute atomic E-state index is 12.6. The van der Waals surface area contributed by atoms with Gasteiger partial charge in [-0.1, -0.05) is 12.1 Å². The molecule has 1 aromatic carbocycles. The van der Waals surface area contributed by atoms with Crippen molar-refractivity contribution in [3.8, 4) is 0 Å². The standard InChI is InChI=1S/C16H19F3N2O/c17-16(18,19)15(22)21-7-5-13-9-11(3-4-14(13)21)8-12-2-1-6-20-10-12/h3-4,9,12,20H,1-2,5-8,10H2. The number of fused-ring (bicyclic) bond motifs is 1. The van der Waals surface area contributed by atoms with Crippen LogP contribution < -0.4 is 10.2 Å². The van der Waals surface area contributed by atoms with Crippen LogP contribution in [0.15, 0.2) is 18.2 Å². The highest BCUT2D eigenvalue weighted by molar-refractivity contribution is 5.99. The predicted octanol–water partition coefficient (Wildman–Crippen LogP) is 2.68. The second-order valence-corrected chi connectivity index (χ2v) is 6.08. The number of nitrogens with one attached hydrogen (secondary N) is 1. The Morgan fingerprint density at radius 2 is 2.18 bits per heavy atom. The van der Waals surface area contributed by atoms with Gasteiger partial charge in [-0.2, -0.15) is 13.2 Å². The fourth-order valence-electron chi connectivity index (χ4n) is 3.38. The number of nitrogens with zero attached hydrogens (tertiary/aromatic N) is 1. The van der Waals surface area contributed by atoms with Crippen molar-refractivity contribution in [2.75, 3.05) is 24.5 Å². The van der Waals surface area contributed by atoms with Gasteiger partial charge < -0.3 is 10.2 Å². The molecule has 1 N–H and O–H groups in total. The van der Waals surface area contributed by atoms with Gasteiger partial charge in [-0.05, 0) is 61.9 Å². The van der Waals surface area contributed by atoms with Gasteiger partial charge >= 0.3 is 12.1 Å². The minimum Gasteiger partial charge on any atom is -0.316 e. The topological polar surface area (TPSA) is 32.3 Å². The summed E-state index contributed by atoms with van der Waals surface area (Å²) in [7, 11) is 0. The molecule has 1 atom stereocenters. The number of hydrogen-bond donors (Lipinski definition) is 1. The molecule has 2 aliphatic heterocycles. The van der Waals surface area contributed by atoms with Crippen molar-refractivity contribution in [1.29, 1.82) is 0 Å². The molecule has 1 unspecified atom stereocenters. The number of rotatable bonds is 2. The highest BCUT2D eigenvalue weighted by Gasteiger charge is 2.44. The number of hydrogen-bond acceptors (Lipinski definition) is 2. The van der Waals surface area contributed by atoms with Crippen LogP contribution in [-0.4, -0.2) is 31.7 Å². The lowest BCUT2D eigenvalue weighted by Gasteiger charge is -2.23. The zero-order chi connectivity index (χ0) is 15.7. The summed E-state index contributed by atoms with van der Waals surface area (Å²) < 4.78 is 37.8. The van der Waals surface area contributed by atoms with Crippen molar-refractivity contribution in [3.05, 3.63) is 29.3 Å². The number of piperidine rings is 1. The maximum Gasteiger partial charge on any atom is 0.471 e. The Labute approximate surface area is 127 Å². The van der Waals surface area contributed by atoms with Crippen molar-refractivity contribution in [3.63, 3.8) is 0 Å². The lowest BCUT2D eigenvalue weighted by molar-refractivity contribution is -0.170. The average Bonchev–Trinajstić information content (AvgIpc) is 2.89. The smallest absolute Gasteiger partial charge is 0.316 e. The van der Waals surface area contributed by atoms with Crippen LogP contribution in [0, 0.1) is 5.92 Å². The minimum atomic E-state index is -4.81. The van der Waals surface area contributed by atoms with Gasteiger partial charge in [0, 0.05) is 12.2 Å². The fourth-order valence-corrected chi connectivity index (χ4v) is 3.38. The summed E-state index contributed by atoms with van der Waals surface area (Å²) in [4.78, 5) is 12.3. The van der Waals surface area contributed by atoms with Crippen LogP contribution in [0.25, 0.3) is 0 Å². The van der Waals surface area contributed by atoms with Crippen molar-refractivity contribution >= 4 is 11.6 Å². The second kappa shape index (κ2) is 5.91. The third-order valence-corrected chi connectivity index (χ3v) is 4.45. The first-order chi connectivity index (χ1) is 10.4. The van der Waals surface area contributed by atoms with Gasteiger partial charge in [-0.3, -0.25) is 4.79 Å². The Morgan fingerprint density at radius 1 is 1.36 bits per heavy atom. The Bertz CT molecular complexity index is 565. The molecular formula is C16H19F3N2O. The number of carbonyl (C=O) groups excluding carboxylic acids is 1. The van der Waals surface area contributed by atoms with E-state index < -0.39 is 12.1 Å². The number of halogens is 3. The summed E-state index contributed by atoms with van der Waals surface area (Å²) >= 11 is 0. The number of alkyl halides is 3. The normalized spacial score (nSPS) is 21.8. The van der Waals surface area contributed by atoms with E-state index in [1.165, 1.54) is 12.8 Å². The predicted molar refractivity (Wildman–Crippen MR) is 77.9 cm³/mol.